The molecule has 22 heavy (non-hydrogen) atoms. The van der Waals surface area contributed by atoms with Gasteiger partial charge in [0.1, 0.15) is 0 Å². The Labute approximate surface area is 129 Å². The van der Waals surface area contributed by atoms with Crippen molar-refractivity contribution in [2.45, 2.75) is 51.1 Å². The Balaban J connectivity index is 2.01. The first-order valence-corrected chi connectivity index (χ1v) is 7.65. The minimum Gasteiger partial charge on any atom is -0.390 e. The fourth-order valence-corrected chi connectivity index (χ4v) is 2.53. The summed E-state index contributed by atoms with van der Waals surface area (Å²) in [5, 5.41) is 9.76. The third-order valence-corrected chi connectivity index (χ3v) is 3.98. The molecule has 3 nitrogen and oxygen atoms in total. The molecular formula is C17H23F2NO2. The van der Waals surface area contributed by atoms with Gasteiger partial charge in [0.05, 0.1) is 5.60 Å². The van der Waals surface area contributed by atoms with Crippen LogP contribution in [0.4, 0.5) is 8.78 Å². The summed E-state index contributed by atoms with van der Waals surface area (Å²) in [6.07, 6.45) is 0.734. The molecule has 0 atom stereocenters. The lowest BCUT2D eigenvalue weighted by molar-refractivity contribution is -0.0494. The number of carbonyl (C=O) groups is 1. The van der Waals surface area contributed by atoms with Crippen molar-refractivity contribution < 1.29 is 18.7 Å². The monoisotopic (exact) mass is 311 g/mol. The van der Waals surface area contributed by atoms with Gasteiger partial charge in [0.2, 0.25) is 0 Å². The van der Waals surface area contributed by atoms with Crippen molar-refractivity contribution in [2.24, 2.45) is 0 Å². The lowest BCUT2D eigenvalue weighted by Gasteiger charge is -2.31. The van der Waals surface area contributed by atoms with Crippen LogP contribution >= 0.6 is 0 Å². The predicted molar refractivity (Wildman–Crippen MR) is 81.1 cm³/mol. The van der Waals surface area contributed by atoms with Crippen LogP contribution < -0.4 is 0 Å². The Hall–Kier alpha value is -1.49. The highest BCUT2D eigenvalue weighted by Crippen LogP contribution is 2.28. The molecule has 0 radical (unpaired) electrons. The molecule has 122 valence electrons. The van der Waals surface area contributed by atoms with E-state index in [1.807, 2.05) is 6.07 Å². The van der Waals surface area contributed by atoms with Crippen LogP contribution in [0.5, 0.6) is 0 Å². The number of alkyl halides is 2. The van der Waals surface area contributed by atoms with E-state index in [1.54, 1.807) is 32.0 Å². The highest BCUT2D eigenvalue weighted by molar-refractivity contribution is 5.94. The Bertz CT molecular complexity index is 528. The fourth-order valence-electron chi connectivity index (χ4n) is 2.53. The molecule has 1 fully saturated rings. The van der Waals surface area contributed by atoms with Crippen LogP contribution in [0.1, 0.15) is 49.0 Å². The highest BCUT2D eigenvalue weighted by Gasteiger charge is 2.35. The van der Waals surface area contributed by atoms with Crippen LogP contribution in [-0.4, -0.2) is 40.5 Å². The van der Waals surface area contributed by atoms with Crippen molar-refractivity contribution in [1.82, 2.24) is 4.90 Å². The smallest absolute Gasteiger partial charge is 0.253 e. The number of hydrogen-bond acceptors (Lipinski definition) is 2. The lowest BCUT2D eigenvalue weighted by atomic mass is 9.97. The van der Waals surface area contributed by atoms with E-state index in [1.165, 1.54) is 4.90 Å². The molecule has 1 amide bonds. The van der Waals surface area contributed by atoms with Gasteiger partial charge >= 0.3 is 0 Å². The molecule has 1 aliphatic rings. The third kappa shape index (κ3) is 4.77. The Morgan fingerprint density at radius 1 is 1.32 bits per heavy atom. The minimum absolute atomic E-state index is 0.0970. The lowest BCUT2D eigenvalue weighted by Crippen LogP contribution is -2.42. The standard InChI is InChI=1S/C17H23F2NO2/c1-16(2,22)7-6-13-4-3-5-14(12-13)15(21)20-10-8-17(18,19)9-11-20/h3-5,12,22H,6-11H2,1-2H3. The molecule has 0 saturated carbocycles. The van der Waals surface area contributed by atoms with Crippen molar-refractivity contribution in [3.05, 3.63) is 35.4 Å². The number of benzene rings is 1. The van der Waals surface area contributed by atoms with E-state index in [0.29, 0.717) is 18.4 Å². The molecule has 1 aromatic rings. The summed E-state index contributed by atoms with van der Waals surface area (Å²) in [4.78, 5) is 13.9. The number of amides is 1. The summed E-state index contributed by atoms with van der Waals surface area (Å²) < 4.78 is 26.3. The molecule has 1 aromatic carbocycles. The minimum atomic E-state index is -2.65. The second-order valence-electron chi connectivity index (χ2n) is 6.66. The SMILES string of the molecule is CC(C)(O)CCc1cccc(C(=O)N2CCC(F)(F)CC2)c1. The molecule has 1 aliphatic heterocycles. The average molecular weight is 311 g/mol. The number of aliphatic hydroxyl groups is 1. The third-order valence-electron chi connectivity index (χ3n) is 3.98. The number of aryl methyl sites for hydroxylation is 1. The summed E-state index contributed by atoms with van der Waals surface area (Å²) in [6, 6.07) is 7.21. The molecule has 0 unspecified atom stereocenters. The van der Waals surface area contributed by atoms with Crippen LogP contribution in [0.25, 0.3) is 0 Å². The maximum absolute atomic E-state index is 13.2. The first-order chi connectivity index (χ1) is 10.2. The number of nitrogens with zero attached hydrogens (tertiary/aromatic N) is 1. The largest absolute Gasteiger partial charge is 0.390 e. The summed E-state index contributed by atoms with van der Waals surface area (Å²) >= 11 is 0. The van der Waals surface area contributed by atoms with E-state index < -0.39 is 11.5 Å². The van der Waals surface area contributed by atoms with Crippen LogP contribution in [0.2, 0.25) is 0 Å². The molecule has 0 aromatic heterocycles. The van der Waals surface area contributed by atoms with Gasteiger partial charge in [-0.3, -0.25) is 4.79 Å². The second kappa shape index (κ2) is 6.32. The van der Waals surface area contributed by atoms with Gasteiger partial charge in [0.25, 0.3) is 11.8 Å². The highest BCUT2D eigenvalue weighted by atomic mass is 19.3. The van der Waals surface area contributed by atoms with E-state index in [4.69, 9.17) is 0 Å². The van der Waals surface area contributed by atoms with Crippen LogP contribution in [0.15, 0.2) is 24.3 Å². The van der Waals surface area contributed by atoms with Crippen LogP contribution in [0.3, 0.4) is 0 Å². The van der Waals surface area contributed by atoms with E-state index in [2.05, 4.69) is 0 Å². The molecule has 1 heterocycles. The number of hydrogen-bond donors (Lipinski definition) is 1. The zero-order valence-electron chi connectivity index (χ0n) is 13.1. The van der Waals surface area contributed by atoms with E-state index in [9.17, 15) is 18.7 Å². The zero-order chi connectivity index (χ0) is 16.4. The quantitative estimate of drug-likeness (QED) is 0.927. The summed E-state index contributed by atoms with van der Waals surface area (Å²) in [5.41, 5.74) is 0.743. The van der Waals surface area contributed by atoms with Gasteiger partial charge in [-0.05, 0) is 44.4 Å². The molecule has 1 N–H and O–H groups in total. The molecular weight excluding hydrogens is 288 g/mol. The molecule has 5 heteroatoms. The number of rotatable bonds is 4. The van der Waals surface area contributed by atoms with Crippen molar-refractivity contribution in [2.75, 3.05) is 13.1 Å². The molecule has 2 rings (SSSR count). The Morgan fingerprint density at radius 2 is 1.95 bits per heavy atom. The maximum Gasteiger partial charge on any atom is 0.253 e. The van der Waals surface area contributed by atoms with Gasteiger partial charge in [0, 0.05) is 31.5 Å². The van der Waals surface area contributed by atoms with Crippen molar-refractivity contribution in [3.8, 4) is 0 Å². The van der Waals surface area contributed by atoms with Gasteiger partial charge in [-0.25, -0.2) is 8.78 Å². The van der Waals surface area contributed by atoms with Gasteiger partial charge in [-0.2, -0.15) is 0 Å². The average Bonchev–Trinajstić information content (AvgIpc) is 2.44. The first kappa shape index (κ1) is 16.9. The molecule has 1 saturated heterocycles. The van der Waals surface area contributed by atoms with Crippen molar-refractivity contribution >= 4 is 5.91 Å². The maximum atomic E-state index is 13.2. The van der Waals surface area contributed by atoms with Crippen molar-refractivity contribution in [3.63, 3.8) is 0 Å². The number of piperidine rings is 1. The summed E-state index contributed by atoms with van der Waals surface area (Å²) in [5.74, 6) is -2.84. The number of halogens is 2. The van der Waals surface area contributed by atoms with E-state index >= 15 is 0 Å². The summed E-state index contributed by atoms with van der Waals surface area (Å²) in [6.45, 7) is 3.69. The fraction of sp³-hybridized carbons (Fsp3) is 0.588. The van der Waals surface area contributed by atoms with E-state index in [0.717, 1.165) is 5.56 Å². The molecule has 0 aliphatic carbocycles. The van der Waals surface area contributed by atoms with Gasteiger partial charge in [-0.1, -0.05) is 12.1 Å². The zero-order valence-corrected chi connectivity index (χ0v) is 13.1. The molecule has 0 bridgehead atoms. The van der Waals surface area contributed by atoms with Crippen molar-refractivity contribution in [1.29, 1.82) is 0 Å². The Kier molecular flexibility index (Phi) is 4.85. The first-order valence-electron chi connectivity index (χ1n) is 7.65. The normalized spacial score (nSPS) is 18.3. The van der Waals surface area contributed by atoms with Gasteiger partial charge in [-0.15, -0.1) is 0 Å². The number of likely N-dealkylation sites (tertiary alicyclic amines) is 1. The van der Waals surface area contributed by atoms with Gasteiger partial charge < -0.3 is 10.0 Å². The second-order valence-corrected chi connectivity index (χ2v) is 6.66. The summed E-state index contributed by atoms with van der Waals surface area (Å²) in [7, 11) is 0. The van der Waals surface area contributed by atoms with Crippen LogP contribution in [-0.2, 0) is 6.42 Å². The topological polar surface area (TPSA) is 40.5 Å². The van der Waals surface area contributed by atoms with Crippen LogP contribution in [0, 0.1) is 0 Å². The molecule has 0 spiro atoms. The van der Waals surface area contributed by atoms with Gasteiger partial charge in [0.15, 0.2) is 0 Å². The number of carbonyl (C=O) groups excluding carboxylic acids is 1. The Morgan fingerprint density at radius 3 is 2.55 bits per heavy atom. The predicted octanol–water partition coefficient (Wildman–Crippen LogP) is 3.26. The van der Waals surface area contributed by atoms with E-state index in [-0.39, 0.29) is 31.8 Å².